The zero-order valence-corrected chi connectivity index (χ0v) is 9.19. The maximum absolute atomic E-state index is 13.3. The molecule has 0 aliphatic carbocycles. The van der Waals surface area contributed by atoms with Crippen molar-refractivity contribution in [1.82, 2.24) is 0 Å². The van der Waals surface area contributed by atoms with Crippen LogP contribution in [-0.2, 0) is 6.61 Å². The van der Waals surface area contributed by atoms with Gasteiger partial charge in [-0.2, -0.15) is 0 Å². The van der Waals surface area contributed by atoms with E-state index in [1.807, 2.05) is 0 Å². The summed E-state index contributed by atoms with van der Waals surface area (Å²) < 4.78 is 18.8. The number of nitrogens with two attached hydrogens (primary N) is 2. The van der Waals surface area contributed by atoms with Crippen LogP contribution in [0.15, 0.2) is 42.5 Å². The fourth-order valence-corrected chi connectivity index (χ4v) is 1.47. The van der Waals surface area contributed by atoms with Gasteiger partial charge in [-0.3, -0.25) is 0 Å². The molecule has 0 radical (unpaired) electrons. The third-order valence-electron chi connectivity index (χ3n) is 2.37. The highest BCUT2D eigenvalue weighted by molar-refractivity contribution is 5.60. The third kappa shape index (κ3) is 2.66. The van der Waals surface area contributed by atoms with Gasteiger partial charge in [-0.25, -0.2) is 4.39 Å². The summed E-state index contributed by atoms with van der Waals surface area (Å²) >= 11 is 0. The lowest BCUT2D eigenvalue weighted by atomic mass is 10.2. The van der Waals surface area contributed by atoms with Crippen LogP contribution in [0.1, 0.15) is 5.56 Å². The van der Waals surface area contributed by atoms with Gasteiger partial charge in [-0.05, 0) is 24.3 Å². The number of benzene rings is 2. The molecule has 2 aromatic rings. The van der Waals surface area contributed by atoms with Crippen molar-refractivity contribution in [2.75, 3.05) is 11.5 Å². The van der Waals surface area contributed by atoms with Crippen molar-refractivity contribution in [3.8, 4) is 5.75 Å². The first-order valence-corrected chi connectivity index (χ1v) is 5.18. The standard InChI is InChI=1S/C13H13FN2O/c14-11-4-2-1-3-9(11)8-17-13-6-5-10(15)7-12(13)16/h1-7H,8,15-16H2. The molecule has 3 nitrogen and oxygen atoms in total. The second kappa shape index (κ2) is 4.74. The maximum Gasteiger partial charge on any atom is 0.142 e. The van der Waals surface area contributed by atoms with Gasteiger partial charge >= 0.3 is 0 Å². The quantitative estimate of drug-likeness (QED) is 0.799. The summed E-state index contributed by atoms with van der Waals surface area (Å²) in [5.74, 6) is 0.212. The molecular formula is C13H13FN2O. The highest BCUT2D eigenvalue weighted by atomic mass is 19.1. The number of nitrogen functional groups attached to an aromatic ring is 2. The molecular weight excluding hydrogens is 219 g/mol. The molecule has 2 aromatic carbocycles. The Kier molecular flexibility index (Phi) is 3.14. The van der Waals surface area contributed by atoms with Gasteiger partial charge in [0.2, 0.25) is 0 Å². The normalized spacial score (nSPS) is 10.2. The smallest absolute Gasteiger partial charge is 0.142 e. The predicted molar refractivity (Wildman–Crippen MR) is 66.0 cm³/mol. The van der Waals surface area contributed by atoms with E-state index in [2.05, 4.69) is 0 Å². The SMILES string of the molecule is Nc1ccc(OCc2ccccc2F)c(N)c1. The minimum absolute atomic E-state index is 0.140. The van der Waals surface area contributed by atoms with Crippen molar-refractivity contribution in [2.24, 2.45) is 0 Å². The number of ether oxygens (including phenoxy) is 1. The molecule has 0 fully saturated rings. The molecule has 0 saturated heterocycles. The van der Waals surface area contributed by atoms with Crippen molar-refractivity contribution >= 4 is 11.4 Å². The molecule has 0 spiro atoms. The fourth-order valence-electron chi connectivity index (χ4n) is 1.47. The highest BCUT2D eigenvalue weighted by Gasteiger charge is 2.04. The molecule has 0 aliphatic heterocycles. The number of anilines is 2. The maximum atomic E-state index is 13.3. The molecule has 2 rings (SSSR count). The number of hydrogen-bond donors (Lipinski definition) is 2. The summed E-state index contributed by atoms with van der Waals surface area (Å²) in [7, 11) is 0. The number of halogens is 1. The van der Waals surface area contributed by atoms with E-state index in [0.717, 1.165) is 0 Å². The van der Waals surface area contributed by atoms with Crippen molar-refractivity contribution in [3.05, 3.63) is 53.8 Å². The van der Waals surface area contributed by atoms with Crippen molar-refractivity contribution in [3.63, 3.8) is 0 Å². The molecule has 0 heterocycles. The molecule has 0 aromatic heterocycles. The van der Waals surface area contributed by atoms with E-state index < -0.39 is 0 Å². The van der Waals surface area contributed by atoms with Crippen LogP contribution in [-0.4, -0.2) is 0 Å². The van der Waals surface area contributed by atoms with E-state index in [1.54, 1.807) is 36.4 Å². The Balaban J connectivity index is 2.10. The molecule has 0 amide bonds. The molecule has 4 heteroatoms. The average Bonchev–Trinajstić information content (AvgIpc) is 2.30. The summed E-state index contributed by atoms with van der Waals surface area (Å²) in [6, 6.07) is 11.4. The van der Waals surface area contributed by atoms with E-state index in [1.165, 1.54) is 6.07 Å². The summed E-state index contributed by atoms with van der Waals surface area (Å²) in [6.45, 7) is 0.140. The second-order valence-corrected chi connectivity index (χ2v) is 3.68. The van der Waals surface area contributed by atoms with E-state index in [4.69, 9.17) is 16.2 Å². The molecule has 88 valence electrons. The highest BCUT2D eigenvalue weighted by Crippen LogP contribution is 2.24. The van der Waals surface area contributed by atoms with Gasteiger partial charge in [0.25, 0.3) is 0 Å². The van der Waals surface area contributed by atoms with Gasteiger partial charge < -0.3 is 16.2 Å². The summed E-state index contributed by atoms with van der Waals surface area (Å²) in [6.07, 6.45) is 0. The van der Waals surface area contributed by atoms with Gasteiger partial charge in [0.15, 0.2) is 0 Å². The van der Waals surface area contributed by atoms with E-state index in [9.17, 15) is 4.39 Å². The van der Waals surface area contributed by atoms with Crippen molar-refractivity contribution < 1.29 is 9.13 Å². The minimum Gasteiger partial charge on any atom is -0.487 e. The van der Waals surface area contributed by atoms with E-state index in [0.29, 0.717) is 22.7 Å². The van der Waals surface area contributed by atoms with Gasteiger partial charge in [0.1, 0.15) is 18.2 Å². The molecule has 17 heavy (non-hydrogen) atoms. The first kappa shape index (κ1) is 11.3. The first-order valence-electron chi connectivity index (χ1n) is 5.18. The van der Waals surface area contributed by atoms with Crippen LogP contribution < -0.4 is 16.2 Å². The van der Waals surface area contributed by atoms with Gasteiger partial charge in [0, 0.05) is 11.3 Å². The fraction of sp³-hybridized carbons (Fsp3) is 0.0769. The molecule has 0 atom stereocenters. The van der Waals surface area contributed by atoms with Gasteiger partial charge in [-0.1, -0.05) is 18.2 Å². The van der Waals surface area contributed by atoms with Gasteiger partial charge in [-0.15, -0.1) is 0 Å². The summed E-state index contributed by atoms with van der Waals surface area (Å²) in [4.78, 5) is 0. The molecule has 0 saturated carbocycles. The number of rotatable bonds is 3. The minimum atomic E-state index is -0.290. The summed E-state index contributed by atoms with van der Waals surface area (Å²) in [5.41, 5.74) is 12.8. The molecule has 0 aliphatic rings. The Morgan fingerprint density at radius 3 is 2.53 bits per heavy atom. The van der Waals surface area contributed by atoms with E-state index >= 15 is 0 Å². The topological polar surface area (TPSA) is 61.3 Å². The second-order valence-electron chi connectivity index (χ2n) is 3.68. The van der Waals surface area contributed by atoms with Gasteiger partial charge in [0.05, 0.1) is 5.69 Å². The summed E-state index contributed by atoms with van der Waals surface area (Å²) in [5, 5.41) is 0. The van der Waals surface area contributed by atoms with E-state index in [-0.39, 0.29) is 12.4 Å². The van der Waals surface area contributed by atoms with Crippen LogP contribution in [0.3, 0.4) is 0 Å². The Bertz CT molecular complexity index is 529. The zero-order chi connectivity index (χ0) is 12.3. The molecule has 4 N–H and O–H groups in total. The van der Waals surface area contributed by atoms with Crippen molar-refractivity contribution in [2.45, 2.75) is 6.61 Å². The van der Waals surface area contributed by atoms with Crippen LogP contribution in [0.4, 0.5) is 15.8 Å². The Hall–Kier alpha value is -2.23. The Morgan fingerprint density at radius 2 is 1.82 bits per heavy atom. The lowest BCUT2D eigenvalue weighted by molar-refractivity contribution is 0.301. The predicted octanol–water partition coefficient (Wildman–Crippen LogP) is 2.57. The monoisotopic (exact) mass is 232 g/mol. The van der Waals surface area contributed by atoms with Crippen LogP contribution in [0.2, 0.25) is 0 Å². The molecule has 0 bridgehead atoms. The Labute approximate surface area is 98.8 Å². The third-order valence-corrected chi connectivity index (χ3v) is 2.37. The van der Waals surface area contributed by atoms with Crippen LogP contribution in [0.25, 0.3) is 0 Å². The zero-order valence-electron chi connectivity index (χ0n) is 9.19. The Morgan fingerprint density at radius 1 is 1.06 bits per heavy atom. The van der Waals surface area contributed by atoms with Crippen LogP contribution >= 0.6 is 0 Å². The largest absolute Gasteiger partial charge is 0.487 e. The lowest BCUT2D eigenvalue weighted by Gasteiger charge is -2.09. The van der Waals surface area contributed by atoms with Crippen LogP contribution in [0, 0.1) is 5.82 Å². The molecule has 0 unspecified atom stereocenters. The van der Waals surface area contributed by atoms with Crippen molar-refractivity contribution in [1.29, 1.82) is 0 Å². The van der Waals surface area contributed by atoms with Crippen LogP contribution in [0.5, 0.6) is 5.75 Å². The average molecular weight is 232 g/mol. The number of hydrogen-bond acceptors (Lipinski definition) is 3. The first-order chi connectivity index (χ1) is 8.16. The lowest BCUT2D eigenvalue weighted by Crippen LogP contribution is -2.01.